The predicted molar refractivity (Wildman–Crippen MR) is 112 cm³/mol. The summed E-state index contributed by atoms with van der Waals surface area (Å²) < 4.78 is 0.577. The van der Waals surface area contributed by atoms with Crippen molar-refractivity contribution < 1.29 is 4.79 Å². The second kappa shape index (κ2) is 7.02. The Hall–Kier alpha value is -2.11. The quantitative estimate of drug-likeness (QED) is 0.575. The van der Waals surface area contributed by atoms with Crippen LogP contribution in [0.4, 0.5) is 11.4 Å². The highest BCUT2D eigenvalue weighted by molar-refractivity contribution is 8.27. The van der Waals surface area contributed by atoms with E-state index in [1.165, 1.54) is 17.3 Å². The van der Waals surface area contributed by atoms with Gasteiger partial charge in [-0.05, 0) is 49.2 Å². The number of thiocarbonyl (C=S) groups is 1. The minimum Gasteiger partial charge on any atom is -0.378 e. The summed E-state index contributed by atoms with van der Waals surface area (Å²) in [5.41, 5.74) is 5.20. The van der Waals surface area contributed by atoms with Gasteiger partial charge in [-0.3, -0.25) is 9.69 Å². The van der Waals surface area contributed by atoms with Crippen molar-refractivity contribution in [2.45, 2.75) is 13.8 Å². The number of benzene rings is 2. The maximum absolute atomic E-state index is 12.9. The number of rotatable bonds is 3. The van der Waals surface area contributed by atoms with Crippen molar-refractivity contribution in [3.05, 3.63) is 64.1 Å². The van der Waals surface area contributed by atoms with Gasteiger partial charge >= 0.3 is 0 Å². The molecule has 0 unspecified atom stereocenters. The van der Waals surface area contributed by atoms with Crippen LogP contribution in [0, 0.1) is 13.8 Å². The molecule has 0 aliphatic carbocycles. The molecule has 0 spiro atoms. The molecule has 1 aliphatic heterocycles. The lowest BCUT2D eigenvalue weighted by Crippen LogP contribution is -2.28. The molecule has 1 heterocycles. The van der Waals surface area contributed by atoms with Gasteiger partial charge in [-0.15, -0.1) is 0 Å². The zero-order chi connectivity index (χ0) is 18.1. The fourth-order valence-corrected chi connectivity index (χ4v) is 4.04. The Morgan fingerprint density at radius 2 is 1.76 bits per heavy atom. The first-order chi connectivity index (χ1) is 11.9. The lowest BCUT2D eigenvalue weighted by molar-refractivity contribution is -0.113. The van der Waals surface area contributed by atoms with E-state index in [4.69, 9.17) is 12.2 Å². The van der Waals surface area contributed by atoms with Crippen LogP contribution in [0.25, 0.3) is 6.08 Å². The highest BCUT2D eigenvalue weighted by Gasteiger charge is 2.33. The molecule has 0 saturated carbocycles. The molecule has 128 valence electrons. The minimum atomic E-state index is -0.0568. The van der Waals surface area contributed by atoms with Gasteiger partial charge in [-0.25, -0.2) is 0 Å². The van der Waals surface area contributed by atoms with Gasteiger partial charge in [-0.2, -0.15) is 0 Å². The molecule has 1 amide bonds. The standard InChI is InChI=1S/C20H20N2OS2/c1-13-5-10-17(14(2)11-13)22-19(23)18(25-20(22)24)12-15-6-8-16(9-7-15)21(3)4/h5-12H,1-4H3. The number of aryl methyl sites for hydroxylation is 2. The summed E-state index contributed by atoms with van der Waals surface area (Å²) in [6.07, 6.45) is 1.91. The molecule has 2 aromatic rings. The molecule has 25 heavy (non-hydrogen) atoms. The van der Waals surface area contributed by atoms with Crippen molar-refractivity contribution in [3.8, 4) is 0 Å². The normalized spacial score (nSPS) is 16.0. The van der Waals surface area contributed by atoms with Crippen molar-refractivity contribution in [3.63, 3.8) is 0 Å². The fraction of sp³-hybridized carbons (Fsp3) is 0.200. The number of carbonyl (C=O) groups excluding carboxylic acids is 1. The molecule has 0 atom stereocenters. The van der Waals surface area contributed by atoms with Gasteiger partial charge < -0.3 is 4.90 Å². The molecule has 1 fully saturated rings. The zero-order valence-electron chi connectivity index (χ0n) is 14.7. The van der Waals surface area contributed by atoms with E-state index in [0.717, 1.165) is 22.5 Å². The average molecular weight is 369 g/mol. The molecule has 1 aliphatic rings. The van der Waals surface area contributed by atoms with Crippen LogP contribution >= 0.6 is 24.0 Å². The summed E-state index contributed by atoms with van der Waals surface area (Å²) in [5.74, 6) is -0.0568. The van der Waals surface area contributed by atoms with Crippen LogP contribution in [0.1, 0.15) is 16.7 Å². The van der Waals surface area contributed by atoms with Crippen molar-refractivity contribution >= 4 is 51.7 Å². The zero-order valence-corrected chi connectivity index (χ0v) is 16.4. The van der Waals surface area contributed by atoms with Crippen LogP contribution < -0.4 is 9.80 Å². The third-order valence-electron chi connectivity index (χ3n) is 4.09. The molecule has 3 rings (SSSR count). The SMILES string of the molecule is Cc1ccc(N2C(=O)C(=Cc3ccc(N(C)C)cc3)SC2=S)c(C)c1. The highest BCUT2D eigenvalue weighted by Crippen LogP contribution is 2.37. The van der Waals surface area contributed by atoms with Crippen LogP contribution in [0.3, 0.4) is 0 Å². The van der Waals surface area contributed by atoms with Crippen LogP contribution in [0.15, 0.2) is 47.4 Å². The number of amides is 1. The third kappa shape index (κ3) is 3.62. The minimum absolute atomic E-state index is 0.0568. The van der Waals surface area contributed by atoms with E-state index in [1.54, 1.807) is 4.90 Å². The molecule has 0 N–H and O–H groups in total. The molecule has 0 bridgehead atoms. The maximum Gasteiger partial charge on any atom is 0.270 e. The summed E-state index contributed by atoms with van der Waals surface area (Å²) >= 11 is 6.81. The number of hydrogen-bond acceptors (Lipinski definition) is 4. The second-order valence-corrected chi connectivity index (χ2v) is 7.97. The van der Waals surface area contributed by atoms with Gasteiger partial charge in [0.2, 0.25) is 0 Å². The molecule has 1 saturated heterocycles. The van der Waals surface area contributed by atoms with Crippen molar-refractivity contribution in [2.24, 2.45) is 0 Å². The number of carbonyl (C=O) groups is 1. The van der Waals surface area contributed by atoms with Crippen molar-refractivity contribution in [1.82, 2.24) is 0 Å². The average Bonchev–Trinajstić information content (AvgIpc) is 2.82. The summed E-state index contributed by atoms with van der Waals surface area (Å²) in [5, 5.41) is 0. The van der Waals surface area contributed by atoms with Gasteiger partial charge in [0, 0.05) is 19.8 Å². The van der Waals surface area contributed by atoms with Crippen LogP contribution in [-0.2, 0) is 4.79 Å². The van der Waals surface area contributed by atoms with E-state index in [9.17, 15) is 4.79 Å². The maximum atomic E-state index is 12.9. The smallest absolute Gasteiger partial charge is 0.270 e. The van der Waals surface area contributed by atoms with Gasteiger partial charge in [0.05, 0.1) is 10.6 Å². The van der Waals surface area contributed by atoms with E-state index in [0.29, 0.717) is 9.23 Å². The highest BCUT2D eigenvalue weighted by atomic mass is 32.2. The molecule has 3 nitrogen and oxygen atoms in total. The van der Waals surface area contributed by atoms with Crippen LogP contribution in [0.5, 0.6) is 0 Å². The van der Waals surface area contributed by atoms with Gasteiger partial charge in [-0.1, -0.05) is 53.8 Å². The summed E-state index contributed by atoms with van der Waals surface area (Å²) in [6, 6.07) is 14.1. The van der Waals surface area contributed by atoms with Crippen LogP contribution in [-0.4, -0.2) is 24.3 Å². The van der Waals surface area contributed by atoms with E-state index < -0.39 is 0 Å². The Labute approximate surface area is 158 Å². The first-order valence-corrected chi connectivity index (χ1v) is 9.22. The van der Waals surface area contributed by atoms with Crippen molar-refractivity contribution in [1.29, 1.82) is 0 Å². The van der Waals surface area contributed by atoms with Gasteiger partial charge in [0.15, 0.2) is 4.32 Å². The first kappa shape index (κ1) is 17.7. The van der Waals surface area contributed by atoms with Crippen LogP contribution in [0.2, 0.25) is 0 Å². The lowest BCUT2D eigenvalue weighted by atomic mass is 10.1. The molecular weight excluding hydrogens is 348 g/mol. The summed E-state index contributed by atoms with van der Waals surface area (Å²) in [7, 11) is 4.01. The summed E-state index contributed by atoms with van der Waals surface area (Å²) in [4.78, 5) is 17.2. The van der Waals surface area contributed by atoms with Crippen molar-refractivity contribution in [2.75, 3.05) is 23.9 Å². The summed E-state index contributed by atoms with van der Waals surface area (Å²) in [6.45, 7) is 4.04. The Balaban J connectivity index is 1.90. The fourth-order valence-electron chi connectivity index (χ4n) is 2.75. The lowest BCUT2D eigenvalue weighted by Gasteiger charge is -2.17. The predicted octanol–water partition coefficient (Wildman–Crippen LogP) is 4.78. The molecule has 0 radical (unpaired) electrons. The Morgan fingerprint density at radius 3 is 2.36 bits per heavy atom. The van der Waals surface area contributed by atoms with E-state index in [2.05, 4.69) is 6.07 Å². The second-order valence-electron chi connectivity index (χ2n) is 6.29. The first-order valence-electron chi connectivity index (χ1n) is 7.99. The number of nitrogens with zero attached hydrogens (tertiary/aromatic N) is 2. The Kier molecular flexibility index (Phi) is 4.97. The largest absolute Gasteiger partial charge is 0.378 e. The van der Waals surface area contributed by atoms with E-state index in [-0.39, 0.29) is 5.91 Å². The third-order valence-corrected chi connectivity index (χ3v) is 5.40. The monoisotopic (exact) mass is 368 g/mol. The topological polar surface area (TPSA) is 23.6 Å². The van der Waals surface area contributed by atoms with E-state index in [1.807, 2.05) is 75.3 Å². The number of anilines is 2. The Morgan fingerprint density at radius 1 is 1.08 bits per heavy atom. The molecule has 2 aromatic carbocycles. The Bertz CT molecular complexity index is 870. The molecular formula is C20H20N2OS2. The number of thioether (sulfide) groups is 1. The molecule has 0 aromatic heterocycles. The van der Waals surface area contributed by atoms with Gasteiger partial charge in [0.1, 0.15) is 0 Å². The van der Waals surface area contributed by atoms with Gasteiger partial charge in [0.25, 0.3) is 5.91 Å². The molecule has 5 heteroatoms. The van der Waals surface area contributed by atoms with E-state index >= 15 is 0 Å². The number of hydrogen-bond donors (Lipinski definition) is 0.